The lowest BCUT2D eigenvalue weighted by atomic mass is 9.76. The van der Waals surface area contributed by atoms with Gasteiger partial charge in [0, 0.05) is 10.4 Å². The first-order valence-corrected chi connectivity index (χ1v) is 6.97. The Morgan fingerprint density at radius 2 is 2.00 bits per heavy atom. The van der Waals surface area contributed by atoms with Crippen molar-refractivity contribution in [1.29, 1.82) is 0 Å². The van der Waals surface area contributed by atoms with Crippen LogP contribution >= 0.6 is 11.3 Å². The van der Waals surface area contributed by atoms with Crippen LogP contribution in [0.2, 0.25) is 0 Å². The average Bonchev–Trinajstić information content (AvgIpc) is 2.72. The van der Waals surface area contributed by atoms with Crippen LogP contribution in [-0.2, 0) is 18.4 Å². The molecule has 1 nitrogen and oxygen atoms in total. The summed E-state index contributed by atoms with van der Waals surface area (Å²) in [6, 6.07) is 10.5. The summed E-state index contributed by atoms with van der Waals surface area (Å²) >= 11 is 1.89. The first kappa shape index (κ1) is 11.0. The van der Waals surface area contributed by atoms with E-state index in [1.807, 2.05) is 11.3 Å². The van der Waals surface area contributed by atoms with Crippen LogP contribution in [-0.4, -0.2) is 0 Å². The van der Waals surface area contributed by atoms with Gasteiger partial charge in [0.1, 0.15) is 0 Å². The summed E-state index contributed by atoms with van der Waals surface area (Å²) in [5, 5.41) is 2.27. The van der Waals surface area contributed by atoms with Crippen molar-refractivity contribution in [3.8, 4) is 0 Å². The van der Waals surface area contributed by atoms with E-state index in [-0.39, 0.29) is 5.54 Å². The van der Waals surface area contributed by atoms with Crippen molar-refractivity contribution < 1.29 is 0 Å². The number of hydrogen-bond acceptors (Lipinski definition) is 2. The average molecular weight is 243 g/mol. The van der Waals surface area contributed by atoms with Crippen LogP contribution in [0.1, 0.15) is 28.0 Å². The quantitative estimate of drug-likeness (QED) is 0.816. The van der Waals surface area contributed by atoms with Crippen LogP contribution in [0.4, 0.5) is 0 Å². The van der Waals surface area contributed by atoms with Crippen LogP contribution in [0, 0.1) is 6.92 Å². The number of hydrogen-bond donors (Lipinski definition) is 1. The minimum Gasteiger partial charge on any atom is -0.321 e. The van der Waals surface area contributed by atoms with E-state index in [9.17, 15) is 0 Å². The monoisotopic (exact) mass is 243 g/mol. The molecule has 3 rings (SSSR count). The molecule has 17 heavy (non-hydrogen) atoms. The summed E-state index contributed by atoms with van der Waals surface area (Å²) in [6.45, 7) is 2.20. The second kappa shape index (κ2) is 3.97. The van der Waals surface area contributed by atoms with Crippen LogP contribution in [0.25, 0.3) is 0 Å². The normalized spacial score (nSPS) is 23.4. The van der Waals surface area contributed by atoms with Crippen molar-refractivity contribution in [2.24, 2.45) is 5.73 Å². The van der Waals surface area contributed by atoms with Crippen LogP contribution < -0.4 is 5.73 Å². The van der Waals surface area contributed by atoms with Crippen molar-refractivity contribution in [3.63, 3.8) is 0 Å². The molecule has 0 amide bonds. The van der Waals surface area contributed by atoms with Gasteiger partial charge in [-0.25, -0.2) is 0 Å². The molecule has 0 radical (unpaired) electrons. The molecule has 1 atom stereocenters. The highest BCUT2D eigenvalue weighted by Gasteiger charge is 2.33. The van der Waals surface area contributed by atoms with Crippen molar-refractivity contribution in [2.45, 2.75) is 31.7 Å². The van der Waals surface area contributed by atoms with Gasteiger partial charge in [0.05, 0.1) is 0 Å². The van der Waals surface area contributed by atoms with Gasteiger partial charge in [-0.15, -0.1) is 11.3 Å². The fraction of sp³-hybridized carbons (Fsp3) is 0.333. The molecule has 1 aliphatic carbocycles. The van der Waals surface area contributed by atoms with Gasteiger partial charge in [0.15, 0.2) is 0 Å². The Balaban J connectivity index is 2.00. The Labute approximate surface area is 106 Å². The molecule has 1 aliphatic rings. The van der Waals surface area contributed by atoms with Gasteiger partial charge >= 0.3 is 0 Å². The lowest BCUT2D eigenvalue weighted by molar-refractivity contribution is 0.387. The van der Waals surface area contributed by atoms with Gasteiger partial charge in [-0.2, -0.15) is 0 Å². The molecule has 1 aromatic carbocycles. The minimum atomic E-state index is -0.167. The Morgan fingerprint density at radius 1 is 1.24 bits per heavy atom. The molecule has 1 unspecified atom stereocenters. The summed E-state index contributed by atoms with van der Waals surface area (Å²) in [4.78, 5) is 1.54. The van der Waals surface area contributed by atoms with Gasteiger partial charge in [0.2, 0.25) is 0 Å². The largest absolute Gasteiger partial charge is 0.321 e. The summed E-state index contributed by atoms with van der Waals surface area (Å²) in [6.07, 6.45) is 3.17. The molecule has 0 saturated carbocycles. The lowest BCUT2D eigenvalue weighted by Gasteiger charge is -2.34. The summed E-state index contributed by atoms with van der Waals surface area (Å²) in [7, 11) is 0. The van der Waals surface area contributed by atoms with Gasteiger partial charge in [-0.1, -0.05) is 30.3 Å². The van der Waals surface area contributed by atoms with E-state index in [0.29, 0.717) is 0 Å². The van der Waals surface area contributed by atoms with Crippen LogP contribution in [0.5, 0.6) is 0 Å². The van der Waals surface area contributed by atoms with E-state index in [4.69, 9.17) is 5.73 Å². The molecule has 2 heteroatoms. The summed E-state index contributed by atoms with van der Waals surface area (Å²) in [5.74, 6) is 0. The third-order valence-electron chi connectivity index (χ3n) is 3.83. The molecule has 1 aromatic heterocycles. The number of nitrogens with two attached hydrogens (primary N) is 1. The number of rotatable bonds is 1. The molecule has 1 heterocycles. The number of thiophene rings is 1. The summed E-state index contributed by atoms with van der Waals surface area (Å²) < 4.78 is 0. The molecule has 0 aliphatic heterocycles. The first-order valence-electron chi connectivity index (χ1n) is 6.09. The van der Waals surface area contributed by atoms with Crippen LogP contribution in [0.3, 0.4) is 0 Å². The van der Waals surface area contributed by atoms with Crippen molar-refractivity contribution in [2.75, 3.05) is 0 Å². The minimum absolute atomic E-state index is 0.167. The topological polar surface area (TPSA) is 26.0 Å². The number of aryl methyl sites for hydroxylation is 2. The van der Waals surface area contributed by atoms with Gasteiger partial charge in [-0.05, 0) is 48.3 Å². The standard InChI is InChI=1S/C15H17NS/c1-11-10-17-14-7-8-15(16,9-13(11)14)12-5-3-2-4-6-12/h2-6,10H,7-9,16H2,1H3. The number of benzene rings is 1. The van der Waals surface area contributed by atoms with Crippen molar-refractivity contribution in [3.05, 3.63) is 57.3 Å². The van der Waals surface area contributed by atoms with E-state index in [1.165, 1.54) is 16.7 Å². The molecule has 2 aromatic rings. The van der Waals surface area contributed by atoms with Gasteiger partial charge in [0.25, 0.3) is 0 Å². The maximum atomic E-state index is 6.63. The highest BCUT2D eigenvalue weighted by Crippen LogP contribution is 2.38. The van der Waals surface area contributed by atoms with Gasteiger partial charge in [-0.3, -0.25) is 0 Å². The Hall–Kier alpha value is -1.12. The Bertz CT molecular complexity index is 529. The molecule has 2 N–H and O–H groups in total. The fourth-order valence-electron chi connectivity index (χ4n) is 2.73. The predicted octanol–water partition coefficient (Wildman–Crippen LogP) is 3.40. The summed E-state index contributed by atoms with van der Waals surface area (Å²) in [5.41, 5.74) is 10.6. The van der Waals surface area contributed by atoms with E-state index in [2.05, 4.69) is 42.6 Å². The third kappa shape index (κ3) is 1.81. The predicted molar refractivity (Wildman–Crippen MR) is 73.4 cm³/mol. The lowest BCUT2D eigenvalue weighted by Crippen LogP contribution is -2.41. The zero-order valence-electron chi connectivity index (χ0n) is 10.1. The molecular formula is C15H17NS. The highest BCUT2D eigenvalue weighted by atomic mass is 32.1. The second-order valence-electron chi connectivity index (χ2n) is 5.02. The zero-order chi connectivity index (χ0) is 11.9. The van der Waals surface area contributed by atoms with Crippen molar-refractivity contribution >= 4 is 11.3 Å². The molecule has 0 spiro atoms. The second-order valence-corrected chi connectivity index (χ2v) is 5.98. The first-order chi connectivity index (χ1) is 8.19. The molecule has 0 fully saturated rings. The van der Waals surface area contributed by atoms with Gasteiger partial charge < -0.3 is 5.73 Å². The zero-order valence-corrected chi connectivity index (χ0v) is 10.9. The highest BCUT2D eigenvalue weighted by molar-refractivity contribution is 7.10. The van der Waals surface area contributed by atoms with E-state index >= 15 is 0 Å². The fourth-order valence-corrected chi connectivity index (χ4v) is 3.78. The smallest absolute Gasteiger partial charge is 0.0454 e. The number of fused-ring (bicyclic) bond motifs is 1. The van der Waals surface area contributed by atoms with Crippen molar-refractivity contribution in [1.82, 2.24) is 0 Å². The molecule has 0 saturated heterocycles. The Kier molecular flexibility index (Phi) is 2.57. The SMILES string of the molecule is Cc1csc2c1CC(N)(c1ccccc1)CC2. The Morgan fingerprint density at radius 3 is 2.76 bits per heavy atom. The molecular weight excluding hydrogens is 226 g/mol. The van der Waals surface area contributed by atoms with E-state index < -0.39 is 0 Å². The molecule has 88 valence electrons. The third-order valence-corrected chi connectivity index (χ3v) is 5.04. The maximum Gasteiger partial charge on any atom is 0.0454 e. The van der Waals surface area contributed by atoms with E-state index in [1.54, 1.807) is 4.88 Å². The molecule has 0 bridgehead atoms. The van der Waals surface area contributed by atoms with E-state index in [0.717, 1.165) is 19.3 Å². The maximum absolute atomic E-state index is 6.63. The van der Waals surface area contributed by atoms with Crippen LogP contribution in [0.15, 0.2) is 35.7 Å².